The fourth-order valence-electron chi connectivity index (χ4n) is 3.78. The zero-order valence-corrected chi connectivity index (χ0v) is 21.2. The van der Waals surface area contributed by atoms with Crippen LogP contribution < -0.4 is 20.1 Å². The van der Waals surface area contributed by atoms with Crippen molar-refractivity contribution in [2.75, 3.05) is 24.9 Å². The molecule has 184 valence electrons. The van der Waals surface area contributed by atoms with E-state index in [4.69, 9.17) is 9.47 Å². The van der Waals surface area contributed by atoms with E-state index < -0.39 is 0 Å². The van der Waals surface area contributed by atoms with Crippen LogP contribution in [0.25, 0.3) is 10.8 Å². The quantitative estimate of drug-likeness (QED) is 0.253. The van der Waals surface area contributed by atoms with Gasteiger partial charge in [0, 0.05) is 22.2 Å². The van der Waals surface area contributed by atoms with Gasteiger partial charge in [0.25, 0.3) is 5.91 Å². The van der Waals surface area contributed by atoms with Gasteiger partial charge in [-0.15, -0.1) is 11.8 Å². The third-order valence-corrected chi connectivity index (χ3v) is 7.07. The van der Waals surface area contributed by atoms with Gasteiger partial charge in [-0.2, -0.15) is 0 Å². The van der Waals surface area contributed by atoms with Gasteiger partial charge in [0.05, 0.1) is 25.2 Å². The van der Waals surface area contributed by atoms with E-state index in [1.54, 1.807) is 32.4 Å². The van der Waals surface area contributed by atoms with Crippen LogP contribution in [0.3, 0.4) is 0 Å². The third kappa shape index (κ3) is 5.98. The molecule has 0 heterocycles. The van der Waals surface area contributed by atoms with Crippen LogP contribution in [0.1, 0.15) is 23.7 Å². The van der Waals surface area contributed by atoms with E-state index in [0.29, 0.717) is 34.9 Å². The summed E-state index contributed by atoms with van der Waals surface area (Å²) in [5.41, 5.74) is 1.84. The van der Waals surface area contributed by atoms with Crippen molar-refractivity contribution in [1.29, 1.82) is 0 Å². The van der Waals surface area contributed by atoms with E-state index in [9.17, 15) is 9.59 Å². The largest absolute Gasteiger partial charge is 0.497 e. The first-order valence-corrected chi connectivity index (χ1v) is 12.5. The topological polar surface area (TPSA) is 76.7 Å². The van der Waals surface area contributed by atoms with Crippen molar-refractivity contribution in [2.45, 2.75) is 23.5 Å². The lowest BCUT2D eigenvalue weighted by molar-refractivity contribution is -0.115. The summed E-state index contributed by atoms with van der Waals surface area (Å²) >= 11 is 1.45. The Morgan fingerprint density at radius 1 is 0.833 bits per heavy atom. The first-order chi connectivity index (χ1) is 17.5. The van der Waals surface area contributed by atoms with Gasteiger partial charge in [0.15, 0.2) is 0 Å². The number of amides is 2. The van der Waals surface area contributed by atoms with Crippen molar-refractivity contribution in [2.24, 2.45) is 0 Å². The lowest BCUT2D eigenvalue weighted by Gasteiger charge is -2.17. The zero-order valence-electron chi connectivity index (χ0n) is 20.4. The summed E-state index contributed by atoms with van der Waals surface area (Å²) in [6.07, 6.45) is 0.628. The summed E-state index contributed by atoms with van der Waals surface area (Å²) in [6.45, 7) is 1.97. The minimum absolute atomic E-state index is 0.128. The monoisotopic (exact) mass is 500 g/mol. The standard InChI is InChI=1S/C29H28N2O4S/c1-4-27(29(33)31-25-15-14-23(34-2)18-26(25)35-3)36-24-11-7-10-22(17-24)30-28(32)21-13-12-19-8-5-6-9-20(19)16-21/h5-18,27H,4H2,1-3H3,(H,30,32)(H,31,33). The molecule has 36 heavy (non-hydrogen) atoms. The molecule has 6 nitrogen and oxygen atoms in total. The van der Waals surface area contributed by atoms with E-state index in [1.807, 2.05) is 73.7 Å². The highest BCUT2D eigenvalue weighted by atomic mass is 32.2. The molecule has 4 aromatic carbocycles. The molecular formula is C29H28N2O4S. The van der Waals surface area contributed by atoms with Crippen molar-refractivity contribution in [1.82, 2.24) is 0 Å². The average molecular weight is 501 g/mol. The molecule has 0 aliphatic heterocycles. The molecule has 4 aromatic rings. The number of carbonyl (C=O) groups excluding carboxylic acids is 2. The molecule has 0 aliphatic carbocycles. The highest BCUT2D eigenvalue weighted by Gasteiger charge is 2.20. The maximum atomic E-state index is 13.0. The molecular weight excluding hydrogens is 472 g/mol. The smallest absolute Gasteiger partial charge is 0.255 e. The molecule has 0 saturated carbocycles. The van der Waals surface area contributed by atoms with Gasteiger partial charge in [-0.3, -0.25) is 9.59 Å². The lowest BCUT2D eigenvalue weighted by atomic mass is 10.1. The average Bonchev–Trinajstić information content (AvgIpc) is 2.91. The van der Waals surface area contributed by atoms with Crippen LogP contribution >= 0.6 is 11.8 Å². The molecule has 2 amide bonds. The van der Waals surface area contributed by atoms with Gasteiger partial charge in [-0.05, 0) is 59.7 Å². The SMILES string of the molecule is CCC(Sc1cccc(NC(=O)c2ccc3ccccc3c2)c1)C(=O)Nc1ccc(OC)cc1OC. The number of thioether (sulfide) groups is 1. The van der Waals surface area contributed by atoms with Crippen LogP contribution in [0.4, 0.5) is 11.4 Å². The number of benzene rings is 4. The molecule has 0 aromatic heterocycles. The zero-order chi connectivity index (χ0) is 25.5. The third-order valence-electron chi connectivity index (χ3n) is 5.71. The Morgan fingerprint density at radius 3 is 2.39 bits per heavy atom. The van der Waals surface area contributed by atoms with Gasteiger partial charge >= 0.3 is 0 Å². The minimum Gasteiger partial charge on any atom is -0.497 e. The number of fused-ring (bicyclic) bond motifs is 1. The van der Waals surface area contributed by atoms with Crippen molar-refractivity contribution in [3.05, 3.63) is 90.5 Å². The molecule has 0 saturated heterocycles. The first kappa shape index (κ1) is 25.1. The summed E-state index contributed by atoms with van der Waals surface area (Å²) in [7, 11) is 3.13. The second-order valence-electron chi connectivity index (χ2n) is 8.11. The van der Waals surface area contributed by atoms with Crippen molar-refractivity contribution in [3.8, 4) is 11.5 Å². The second-order valence-corrected chi connectivity index (χ2v) is 9.39. The predicted molar refractivity (Wildman–Crippen MR) is 146 cm³/mol. The molecule has 1 atom stereocenters. The van der Waals surface area contributed by atoms with Crippen LogP contribution in [-0.4, -0.2) is 31.3 Å². The molecule has 4 rings (SSSR count). The summed E-state index contributed by atoms with van der Waals surface area (Å²) in [6, 6.07) is 26.4. The Bertz CT molecular complexity index is 1390. The van der Waals surface area contributed by atoms with E-state index in [-0.39, 0.29) is 17.1 Å². The Morgan fingerprint density at radius 2 is 1.64 bits per heavy atom. The molecule has 1 unspecified atom stereocenters. The molecule has 0 aliphatic rings. The highest BCUT2D eigenvalue weighted by Crippen LogP contribution is 2.32. The normalized spacial score (nSPS) is 11.5. The molecule has 0 radical (unpaired) electrons. The molecule has 7 heteroatoms. The number of carbonyl (C=O) groups is 2. The predicted octanol–water partition coefficient (Wildman–Crippen LogP) is 6.62. The number of hydrogen-bond acceptors (Lipinski definition) is 5. The Balaban J connectivity index is 1.44. The summed E-state index contributed by atoms with van der Waals surface area (Å²) in [5, 5.41) is 7.70. The molecule has 0 bridgehead atoms. The Labute approximate surface area is 215 Å². The maximum Gasteiger partial charge on any atom is 0.255 e. The van der Waals surface area contributed by atoms with Gasteiger partial charge in [-0.25, -0.2) is 0 Å². The highest BCUT2D eigenvalue weighted by molar-refractivity contribution is 8.00. The van der Waals surface area contributed by atoms with Gasteiger partial charge in [0.1, 0.15) is 11.5 Å². The van der Waals surface area contributed by atoms with Gasteiger partial charge < -0.3 is 20.1 Å². The summed E-state index contributed by atoms with van der Waals surface area (Å²) in [4.78, 5) is 26.8. The Kier molecular flexibility index (Phi) is 8.13. The van der Waals surface area contributed by atoms with E-state index in [2.05, 4.69) is 10.6 Å². The van der Waals surface area contributed by atoms with Gasteiger partial charge in [-0.1, -0.05) is 43.3 Å². The van der Waals surface area contributed by atoms with Crippen LogP contribution in [-0.2, 0) is 4.79 Å². The fourth-order valence-corrected chi connectivity index (χ4v) is 4.80. The number of nitrogens with one attached hydrogen (secondary N) is 2. The molecule has 0 fully saturated rings. The maximum absolute atomic E-state index is 13.0. The van der Waals surface area contributed by atoms with Crippen LogP contribution in [0, 0.1) is 0 Å². The van der Waals surface area contributed by atoms with Crippen LogP contribution in [0.2, 0.25) is 0 Å². The number of methoxy groups -OCH3 is 2. The van der Waals surface area contributed by atoms with Crippen LogP contribution in [0.5, 0.6) is 11.5 Å². The minimum atomic E-state index is -0.330. The van der Waals surface area contributed by atoms with E-state index in [1.165, 1.54) is 11.8 Å². The van der Waals surface area contributed by atoms with Crippen molar-refractivity contribution >= 4 is 45.7 Å². The van der Waals surface area contributed by atoms with Crippen molar-refractivity contribution < 1.29 is 19.1 Å². The Hall–Kier alpha value is -3.97. The number of hydrogen-bond donors (Lipinski definition) is 2. The van der Waals surface area contributed by atoms with E-state index >= 15 is 0 Å². The first-order valence-electron chi connectivity index (χ1n) is 11.6. The van der Waals surface area contributed by atoms with Crippen LogP contribution in [0.15, 0.2) is 89.8 Å². The molecule has 2 N–H and O–H groups in total. The number of anilines is 2. The number of ether oxygens (including phenoxy) is 2. The number of rotatable bonds is 9. The summed E-state index contributed by atoms with van der Waals surface area (Å²) in [5.74, 6) is 0.866. The van der Waals surface area contributed by atoms with Gasteiger partial charge in [0.2, 0.25) is 5.91 Å². The summed E-state index contributed by atoms with van der Waals surface area (Å²) < 4.78 is 10.6. The van der Waals surface area contributed by atoms with Crippen molar-refractivity contribution in [3.63, 3.8) is 0 Å². The lowest BCUT2D eigenvalue weighted by Crippen LogP contribution is -2.24. The molecule has 0 spiro atoms. The fraction of sp³-hybridized carbons (Fsp3) is 0.172. The van der Waals surface area contributed by atoms with E-state index in [0.717, 1.165) is 15.7 Å². The second kappa shape index (κ2) is 11.6.